The fraction of sp³-hybridized carbons (Fsp3) is 0.529. The van der Waals surface area contributed by atoms with Crippen LogP contribution in [0.15, 0.2) is 29.2 Å². The van der Waals surface area contributed by atoms with Gasteiger partial charge in [0.25, 0.3) is 0 Å². The van der Waals surface area contributed by atoms with Gasteiger partial charge in [0.05, 0.1) is 16.5 Å². The lowest BCUT2D eigenvalue weighted by molar-refractivity contribution is -0.130. The highest BCUT2D eigenvalue weighted by atomic mass is 32.2. The van der Waals surface area contributed by atoms with Gasteiger partial charge in [0.1, 0.15) is 6.54 Å². The molecule has 1 unspecified atom stereocenters. The summed E-state index contributed by atoms with van der Waals surface area (Å²) in [6.07, 6.45) is 1.93. The fourth-order valence-corrected chi connectivity index (χ4v) is 5.64. The zero-order valence-electron chi connectivity index (χ0n) is 14.7. The second-order valence-electron chi connectivity index (χ2n) is 6.75. The van der Waals surface area contributed by atoms with Crippen LogP contribution in [-0.2, 0) is 19.6 Å². The summed E-state index contributed by atoms with van der Waals surface area (Å²) in [6.45, 7) is 3.16. The summed E-state index contributed by atoms with van der Waals surface area (Å²) in [6, 6.07) is 6.19. The molecule has 1 atom stereocenters. The summed E-state index contributed by atoms with van der Waals surface area (Å²) in [4.78, 5) is 25.3. The molecule has 3 rings (SSSR count). The van der Waals surface area contributed by atoms with E-state index < -0.39 is 10.0 Å². The van der Waals surface area contributed by atoms with E-state index in [1.165, 1.54) is 33.1 Å². The van der Waals surface area contributed by atoms with Crippen LogP contribution in [0.25, 0.3) is 0 Å². The number of nitrogens with one attached hydrogen (secondary N) is 1. The molecule has 0 spiro atoms. The third-order valence-corrected chi connectivity index (χ3v) is 7.38. The van der Waals surface area contributed by atoms with Crippen LogP contribution in [0.1, 0.15) is 19.8 Å². The van der Waals surface area contributed by atoms with Crippen LogP contribution in [0.2, 0.25) is 0 Å². The molecule has 2 saturated heterocycles. The van der Waals surface area contributed by atoms with Gasteiger partial charge < -0.3 is 10.2 Å². The predicted molar refractivity (Wildman–Crippen MR) is 101 cm³/mol. The predicted octanol–water partition coefficient (Wildman–Crippen LogP) is 1.58. The molecule has 26 heavy (non-hydrogen) atoms. The summed E-state index contributed by atoms with van der Waals surface area (Å²) in [5, 5.41) is 2.70. The van der Waals surface area contributed by atoms with Crippen molar-refractivity contribution in [3.8, 4) is 0 Å². The van der Waals surface area contributed by atoms with E-state index in [0.717, 1.165) is 12.8 Å². The van der Waals surface area contributed by atoms with Crippen LogP contribution in [-0.4, -0.2) is 60.7 Å². The Kier molecular flexibility index (Phi) is 5.89. The number of piperidine rings is 1. The van der Waals surface area contributed by atoms with Crippen molar-refractivity contribution in [3.05, 3.63) is 24.3 Å². The molecule has 1 aromatic carbocycles. The van der Waals surface area contributed by atoms with Gasteiger partial charge in [0, 0.05) is 18.8 Å². The third kappa shape index (κ3) is 4.39. The van der Waals surface area contributed by atoms with Gasteiger partial charge in [-0.05, 0) is 43.0 Å². The first-order valence-corrected chi connectivity index (χ1v) is 11.2. The van der Waals surface area contributed by atoms with Gasteiger partial charge in [0.2, 0.25) is 21.8 Å². The summed E-state index contributed by atoms with van der Waals surface area (Å²) in [5.74, 6) is 0.972. The third-order valence-electron chi connectivity index (χ3n) is 4.56. The van der Waals surface area contributed by atoms with Crippen molar-refractivity contribution in [1.29, 1.82) is 0 Å². The minimum Gasteiger partial charge on any atom is -0.325 e. The lowest BCUT2D eigenvalue weighted by Gasteiger charge is -2.30. The average Bonchev–Trinajstić information content (AvgIpc) is 3.00. The molecule has 0 radical (unpaired) electrons. The molecule has 1 aromatic rings. The average molecular weight is 398 g/mol. The Labute approximate surface area is 158 Å². The number of hydrogen-bond acceptors (Lipinski definition) is 5. The number of anilines is 1. The molecule has 7 nitrogen and oxygen atoms in total. The SMILES string of the molecule is CC1CCCN(S(=O)(=O)c2ccc(NC(=O)CN3CSCC3=O)cc2)C1. The van der Waals surface area contributed by atoms with E-state index in [-0.39, 0.29) is 23.3 Å². The van der Waals surface area contributed by atoms with Crippen LogP contribution in [0.4, 0.5) is 5.69 Å². The molecule has 0 bridgehead atoms. The first kappa shape index (κ1) is 19.2. The highest BCUT2D eigenvalue weighted by Crippen LogP contribution is 2.24. The Morgan fingerprint density at radius 1 is 1.31 bits per heavy atom. The van der Waals surface area contributed by atoms with Crippen molar-refractivity contribution in [3.63, 3.8) is 0 Å². The number of benzene rings is 1. The van der Waals surface area contributed by atoms with Crippen molar-refractivity contribution in [2.24, 2.45) is 5.92 Å². The summed E-state index contributed by atoms with van der Waals surface area (Å²) < 4.78 is 27.0. The zero-order chi connectivity index (χ0) is 18.7. The molecule has 2 amide bonds. The van der Waals surface area contributed by atoms with E-state index in [1.807, 2.05) is 0 Å². The number of amides is 2. The fourth-order valence-electron chi connectivity index (χ4n) is 3.14. The second-order valence-corrected chi connectivity index (χ2v) is 9.65. The standard InChI is InChI=1S/C17H23N3O4S2/c1-13-3-2-8-20(9-13)26(23,24)15-6-4-14(5-7-15)18-16(21)10-19-12-25-11-17(19)22/h4-7,13H,2-3,8-12H2,1H3,(H,18,21). The molecule has 1 N–H and O–H groups in total. The Hall–Kier alpha value is -1.58. The van der Waals surface area contributed by atoms with Crippen LogP contribution in [0.5, 0.6) is 0 Å². The Balaban J connectivity index is 1.62. The minimum absolute atomic E-state index is 0.0115. The van der Waals surface area contributed by atoms with Crippen LogP contribution < -0.4 is 5.32 Å². The Bertz CT molecular complexity index is 780. The highest BCUT2D eigenvalue weighted by molar-refractivity contribution is 8.00. The van der Waals surface area contributed by atoms with Gasteiger partial charge in [-0.1, -0.05) is 6.92 Å². The van der Waals surface area contributed by atoms with Crippen molar-refractivity contribution < 1.29 is 18.0 Å². The van der Waals surface area contributed by atoms with Gasteiger partial charge in [-0.25, -0.2) is 8.42 Å². The first-order chi connectivity index (χ1) is 12.4. The summed E-state index contributed by atoms with van der Waals surface area (Å²) in [7, 11) is -3.50. The van der Waals surface area contributed by atoms with Gasteiger partial charge in [0.15, 0.2) is 0 Å². The summed E-state index contributed by atoms with van der Waals surface area (Å²) in [5.41, 5.74) is 0.514. The van der Waals surface area contributed by atoms with E-state index in [9.17, 15) is 18.0 Å². The monoisotopic (exact) mass is 397 g/mol. The molecule has 2 heterocycles. The normalized spacial score (nSPS) is 21.8. The van der Waals surface area contributed by atoms with Crippen LogP contribution in [0.3, 0.4) is 0 Å². The quantitative estimate of drug-likeness (QED) is 0.815. The molecular weight excluding hydrogens is 374 g/mol. The number of sulfonamides is 1. The van der Waals surface area contributed by atoms with Gasteiger partial charge in [-0.15, -0.1) is 11.8 Å². The van der Waals surface area contributed by atoms with E-state index in [0.29, 0.717) is 36.3 Å². The maximum atomic E-state index is 12.7. The van der Waals surface area contributed by atoms with Crippen LogP contribution >= 0.6 is 11.8 Å². The maximum Gasteiger partial charge on any atom is 0.244 e. The smallest absolute Gasteiger partial charge is 0.244 e. The number of carbonyl (C=O) groups is 2. The first-order valence-electron chi connectivity index (χ1n) is 8.62. The molecule has 0 saturated carbocycles. The maximum absolute atomic E-state index is 12.7. The van der Waals surface area contributed by atoms with E-state index in [4.69, 9.17) is 0 Å². The highest BCUT2D eigenvalue weighted by Gasteiger charge is 2.28. The molecule has 142 valence electrons. The Morgan fingerprint density at radius 3 is 2.65 bits per heavy atom. The molecule has 0 aromatic heterocycles. The zero-order valence-corrected chi connectivity index (χ0v) is 16.3. The molecule has 2 aliphatic rings. The Morgan fingerprint density at radius 2 is 2.04 bits per heavy atom. The minimum atomic E-state index is -3.50. The molecule has 9 heteroatoms. The van der Waals surface area contributed by atoms with E-state index in [1.54, 1.807) is 12.1 Å². The molecule has 2 fully saturated rings. The van der Waals surface area contributed by atoms with Crippen molar-refractivity contribution in [1.82, 2.24) is 9.21 Å². The number of thioether (sulfide) groups is 1. The van der Waals surface area contributed by atoms with Gasteiger partial charge in [-0.2, -0.15) is 4.31 Å². The number of carbonyl (C=O) groups excluding carboxylic acids is 2. The van der Waals surface area contributed by atoms with Crippen molar-refractivity contribution >= 4 is 39.3 Å². The topological polar surface area (TPSA) is 86.8 Å². The lowest BCUT2D eigenvalue weighted by Crippen LogP contribution is -2.39. The number of hydrogen-bond donors (Lipinski definition) is 1. The van der Waals surface area contributed by atoms with Crippen molar-refractivity contribution in [2.75, 3.05) is 36.6 Å². The van der Waals surface area contributed by atoms with E-state index >= 15 is 0 Å². The van der Waals surface area contributed by atoms with Crippen LogP contribution in [0, 0.1) is 5.92 Å². The van der Waals surface area contributed by atoms with Gasteiger partial charge >= 0.3 is 0 Å². The second kappa shape index (κ2) is 7.98. The van der Waals surface area contributed by atoms with Crippen molar-refractivity contribution in [2.45, 2.75) is 24.7 Å². The molecule has 2 aliphatic heterocycles. The summed E-state index contributed by atoms with van der Waals surface area (Å²) >= 11 is 1.48. The lowest BCUT2D eigenvalue weighted by atomic mass is 10.0. The molecule has 0 aliphatic carbocycles. The number of nitrogens with zero attached hydrogens (tertiary/aromatic N) is 2. The largest absolute Gasteiger partial charge is 0.325 e. The van der Waals surface area contributed by atoms with E-state index in [2.05, 4.69) is 12.2 Å². The van der Waals surface area contributed by atoms with Gasteiger partial charge in [-0.3, -0.25) is 9.59 Å². The molecular formula is C17H23N3O4S2. The number of rotatable bonds is 5.